The average molecular weight is 669 g/mol. The van der Waals surface area contributed by atoms with Gasteiger partial charge in [-0.15, -0.1) is 0 Å². The minimum atomic E-state index is -1.21. The number of amides is 1. The first-order valence-electron chi connectivity index (χ1n) is 17.2. The van der Waals surface area contributed by atoms with E-state index in [9.17, 15) is 9.35 Å². The van der Waals surface area contributed by atoms with Gasteiger partial charge < -0.3 is 28.8 Å². The lowest BCUT2D eigenvalue weighted by molar-refractivity contribution is -0.112. The van der Waals surface area contributed by atoms with Crippen LogP contribution in [0, 0.1) is 0 Å². The quantitative estimate of drug-likeness (QED) is 0.0959. The van der Waals surface area contributed by atoms with Crippen LogP contribution in [0.5, 0.6) is 5.75 Å². The van der Waals surface area contributed by atoms with Crippen molar-refractivity contribution < 1.29 is 18.8 Å². The number of nitrogens with one attached hydrogen (secondary N) is 1. The minimum absolute atomic E-state index is 0.114. The van der Waals surface area contributed by atoms with Crippen LogP contribution in [0.2, 0.25) is 0 Å². The number of aryl methyl sites for hydroxylation is 1. The van der Waals surface area contributed by atoms with Gasteiger partial charge in [-0.05, 0) is 115 Å². The normalized spacial score (nSPS) is 13.7. The number of nitrogens with zero attached hydrogens (tertiary/aromatic N) is 3. The second-order valence-corrected chi connectivity index (χ2v) is 13.5. The Morgan fingerprint density at radius 1 is 0.917 bits per heavy atom. The minimum Gasteiger partial charge on any atom is -0.611 e. The van der Waals surface area contributed by atoms with Crippen LogP contribution in [0.25, 0.3) is 17.2 Å². The van der Waals surface area contributed by atoms with Crippen molar-refractivity contribution in [2.75, 3.05) is 43.1 Å². The fourth-order valence-corrected chi connectivity index (χ4v) is 7.01. The number of rotatable bonds is 16. The van der Waals surface area contributed by atoms with Crippen molar-refractivity contribution in [1.82, 2.24) is 9.55 Å². The van der Waals surface area contributed by atoms with Crippen LogP contribution < -0.4 is 15.0 Å². The Balaban J connectivity index is 1.30. The zero-order valence-corrected chi connectivity index (χ0v) is 29.3. The summed E-state index contributed by atoms with van der Waals surface area (Å²) in [5.74, 6) is 1.11. The van der Waals surface area contributed by atoms with Gasteiger partial charge in [-0.2, -0.15) is 0 Å². The lowest BCUT2D eigenvalue weighted by atomic mass is 9.96. The fourth-order valence-electron chi connectivity index (χ4n) is 5.90. The van der Waals surface area contributed by atoms with Gasteiger partial charge in [0.15, 0.2) is 10.6 Å². The zero-order chi connectivity index (χ0) is 33.7. The highest BCUT2D eigenvalue weighted by molar-refractivity contribution is 7.90. The summed E-state index contributed by atoms with van der Waals surface area (Å²) in [4.78, 5) is 21.0. The van der Waals surface area contributed by atoms with E-state index in [0.29, 0.717) is 31.1 Å². The maximum absolute atomic E-state index is 13.6. The number of carbonyl (C=O) groups excluding carboxylic acids is 1. The van der Waals surface area contributed by atoms with Gasteiger partial charge in [0.05, 0.1) is 24.8 Å². The van der Waals surface area contributed by atoms with Crippen LogP contribution in [0.15, 0.2) is 89.7 Å². The number of ether oxygens (including phenoxy) is 2. The molecule has 0 aliphatic carbocycles. The Morgan fingerprint density at radius 2 is 1.69 bits per heavy atom. The second-order valence-electron chi connectivity index (χ2n) is 12.1. The third-order valence-electron chi connectivity index (χ3n) is 8.31. The summed E-state index contributed by atoms with van der Waals surface area (Å²) in [5.41, 5.74) is 6.73. The summed E-state index contributed by atoms with van der Waals surface area (Å²) in [5, 5.41) is 3.09. The highest BCUT2D eigenvalue weighted by atomic mass is 32.2. The van der Waals surface area contributed by atoms with Gasteiger partial charge in [-0.25, -0.2) is 4.98 Å². The molecular formula is C39H48N4O4S. The van der Waals surface area contributed by atoms with Crippen molar-refractivity contribution in [2.24, 2.45) is 0 Å². The first-order chi connectivity index (χ1) is 23.5. The van der Waals surface area contributed by atoms with Crippen LogP contribution >= 0.6 is 0 Å². The van der Waals surface area contributed by atoms with Crippen molar-refractivity contribution in [1.29, 1.82) is 0 Å². The number of aromatic nitrogens is 2. The van der Waals surface area contributed by atoms with Crippen molar-refractivity contribution in [3.8, 4) is 16.9 Å². The van der Waals surface area contributed by atoms with Gasteiger partial charge in [0, 0.05) is 43.2 Å². The molecule has 0 saturated heterocycles. The summed E-state index contributed by atoms with van der Waals surface area (Å²) in [6.07, 6.45) is 10.2. The lowest BCUT2D eigenvalue weighted by Crippen LogP contribution is -2.28. The Labute approximate surface area is 288 Å². The van der Waals surface area contributed by atoms with Crippen molar-refractivity contribution >= 4 is 34.5 Å². The number of hydrogen-bond acceptors (Lipinski definition) is 6. The smallest absolute Gasteiger partial charge is 0.251 e. The molecule has 2 heterocycles. The fraction of sp³-hybridized carbons (Fsp3) is 0.385. The van der Waals surface area contributed by atoms with Crippen LogP contribution in [0.4, 0.5) is 11.4 Å². The highest BCUT2D eigenvalue weighted by Crippen LogP contribution is 2.33. The van der Waals surface area contributed by atoms with Crippen LogP contribution in [0.3, 0.4) is 0 Å². The molecule has 9 heteroatoms. The van der Waals surface area contributed by atoms with E-state index in [4.69, 9.17) is 9.47 Å². The van der Waals surface area contributed by atoms with Crippen molar-refractivity contribution in [3.63, 3.8) is 0 Å². The molecule has 1 aromatic heterocycles. The molecule has 48 heavy (non-hydrogen) atoms. The summed E-state index contributed by atoms with van der Waals surface area (Å²) >= 11 is -1.21. The molecule has 0 spiro atoms. The highest BCUT2D eigenvalue weighted by Gasteiger charge is 2.20. The predicted octanol–water partition coefficient (Wildman–Crippen LogP) is 8.11. The van der Waals surface area contributed by atoms with Gasteiger partial charge in [0.2, 0.25) is 0 Å². The molecular weight excluding hydrogens is 621 g/mol. The molecule has 1 atom stereocenters. The summed E-state index contributed by atoms with van der Waals surface area (Å²) in [7, 11) is 0. The molecule has 8 nitrogen and oxygen atoms in total. The van der Waals surface area contributed by atoms with Crippen molar-refractivity contribution in [3.05, 3.63) is 96.1 Å². The molecule has 0 bridgehead atoms. The maximum atomic E-state index is 13.6. The Morgan fingerprint density at radius 3 is 2.44 bits per heavy atom. The number of fused-ring (bicyclic) bond motifs is 1. The summed E-state index contributed by atoms with van der Waals surface area (Å²) < 4.78 is 26.5. The molecule has 5 rings (SSSR count). The molecule has 0 radical (unpaired) electrons. The largest absolute Gasteiger partial charge is 0.611 e. The number of hydrogen-bond donors (Lipinski definition) is 1. The average Bonchev–Trinajstić information content (AvgIpc) is 3.53. The molecule has 1 aliphatic heterocycles. The molecule has 0 saturated carbocycles. The van der Waals surface area contributed by atoms with E-state index in [1.165, 1.54) is 0 Å². The topological polar surface area (TPSA) is 91.7 Å². The van der Waals surface area contributed by atoms with Crippen LogP contribution in [0.1, 0.15) is 64.1 Å². The van der Waals surface area contributed by atoms with E-state index in [-0.39, 0.29) is 5.91 Å². The predicted molar refractivity (Wildman–Crippen MR) is 196 cm³/mol. The van der Waals surface area contributed by atoms with E-state index in [2.05, 4.69) is 70.9 Å². The van der Waals surface area contributed by atoms with Gasteiger partial charge >= 0.3 is 0 Å². The SMILES string of the molecule is CCCOCCOc1ccc(-c2ccc3c(c2)C=C(C(=O)Nc2ccc([S@@+]([O-])Cc4cncn4CCC)cc2)CCCN3CCC)cc1. The maximum Gasteiger partial charge on any atom is 0.251 e. The molecule has 1 aliphatic rings. The molecule has 254 valence electrons. The number of imidazole rings is 1. The summed E-state index contributed by atoms with van der Waals surface area (Å²) in [6, 6.07) is 22.0. The van der Waals surface area contributed by atoms with E-state index < -0.39 is 11.2 Å². The van der Waals surface area contributed by atoms with E-state index in [1.54, 1.807) is 12.5 Å². The molecule has 1 amide bonds. The Bertz CT molecular complexity index is 1630. The van der Waals surface area contributed by atoms with Gasteiger partial charge in [0.25, 0.3) is 5.91 Å². The van der Waals surface area contributed by atoms with Crippen molar-refractivity contribution in [2.45, 2.75) is 70.1 Å². The molecule has 3 aromatic carbocycles. The van der Waals surface area contributed by atoms with E-state index in [0.717, 1.165) is 96.2 Å². The molecule has 0 fully saturated rings. The molecule has 1 N–H and O–H groups in total. The third-order valence-corrected chi connectivity index (χ3v) is 9.66. The van der Waals surface area contributed by atoms with E-state index >= 15 is 0 Å². The van der Waals surface area contributed by atoms with Gasteiger partial charge in [-0.3, -0.25) is 4.79 Å². The number of benzene rings is 3. The van der Waals surface area contributed by atoms with Gasteiger partial charge in [-0.1, -0.05) is 39.0 Å². The lowest BCUT2D eigenvalue weighted by Gasteiger charge is -2.29. The Kier molecular flexibility index (Phi) is 13.2. The molecule has 4 aromatic rings. The standard InChI is InChI=1S/C39H48N4O4S/c1-4-19-42-21-7-8-32(39(44)41-34-12-16-37(17-13-34)48(45)28-35-27-40-29-43(35)20-5-2)26-33-25-31(11-18-38(33)42)30-9-14-36(15-10-30)47-24-23-46-22-6-3/h9-18,25-27,29H,4-8,19-24,28H2,1-3H3,(H,41,44)/t48-/m0/s1. The van der Waals surface area contributed by atoms with Crippen LogP contribution in [-0.4, -0.2) is 52.9 Å². The number of carbonyl (C=O) groups is 1. The van der Waals surface area contributed by atoms with Gasteiger partial charge in [0.1, 0.15) is 12.4 Å². The first kappa shape index (κ1) is 35.3. The summed E-state index contributed by atoms with van der Waals surface area (Å²) in [6.45, 7) is 11.0. The Hall–Kier alpha value is -4.05. The van der Waals surface area contributed by atoms with Crippen LogP contribution in [-0.2, 0) is 33.0 Å². The monoisotopic (exact) mass is 668 g/mol. The molecule has 0 unspecified atom stereocenters. The number of anilines is 2. The third kappa shape index (κ3) is 9.52. The first-order valence-corrected chi connectivity index (χ1v) is 18.5. The second kappa shape index (κ2) is 17.9. The zero-order valence-electron chi connectivity index (χ0n) is 28.5. The van der Waals surface area contributed by atoms with E-state index in [1.807, 2.05) is 42.5 Å².